The zero-order chi connectivity index (χ0) is 15.0. The van der Waals surface area contributed by atoms with Gasteiger partial charge in [0.1, 0.15) is 0 Å². The van der Waals surface area contributed by atoms with Crippen molar-refractivity contribution < 1.29 is 14.7 Å². The fraction of sp³-hybridized carbons (Fsp3) is 0.267. The first kappa shape index (κ1) is 15.4. The minimum Gasteiger partial charge on any atom is -0.481 e. The topological polar surface area (TPSA) is 90.2 Å². The van der Waals surface area contributed by atoms with Crippen molar-refractivity contribution in [3.63, 3.8) is 0 Å². The lowest BCUT2D eigenvalue weighted by atomic mass is 10.1. The van der Waals surface area contributed by atoms with E-state index in [1.807, 2.05) is 6.07 Å². The minimum atomic E-state index is -0.913. The molecule has 0 fully saturated rings. The summed E-state index contributed by atoms with van der Waals surface area (Å²) in [5, 5.41) is 20.1. The largest absolute Gasteiger partial charge is 0.481 e. The van der Waals surface area contributed by atoms with Crippen molar-refractivity contribution in [1.82, 2.24) is 5.32 Å². The number of hydrogen-bond acceptors (Lipinski definition) is 3. The second-order valence-corrected chi connectivity index (χ2v) is 4.26. The first-order valence-electron chi connectivity index (χ1n) is 6.25. The van der Waals surface area contributed by atoms with Gasteiger partial charge in [0, 0.05) is 12.6 Å². The number of benzene rings is 1. The molecule has 1 unspecified atom stereocenters. The SMILES string of the molecule is CCC(CNC(=O)C=Cc1ccc(C#N)cc1)C(=O)O. The second-order valence-electron chi connectivity index (χ2n) is 4.26. The van der Waals surface area contributed by atoms with Crippen LogP contribution in [-0.4, -0.2) is 23.5 Å². The molecule has 1 aromatic carbocycles. The molecule has 5 nitrogen and oxygen atoms in total. The maximum absolute atomic E-state index is 11.5. The summed E-state index contributed by atoms with van der Waals surface area (Å²) < 4.78 is 0. The monoisotopic (exact) mass is 272 g/mol. The van der Waals surface area contributed by atoms with E-state index >= 15 is 0 Å². The number of carbonyl (C=O) groups excluding carboxylic acids is 1. The summed E-state index contributed by atoms with van der Waals surface area (Å²) in [5.41, 5.74) is 1.35. The molecule has 0 radical (unpaired) electrons. The Morgan fingerprint density at radius 3 is 2.55 bits per heavy atom. The van der Waals surface area contributed by atoms with Crippen LogP contribution in [0.4, 0.5) is 0 Å². The standard InChI is InChI=1S/C15H16N2O3/c1-2-13(15(19)20)10-17-14(18)8-7-11-3-5-12(9-16)6-4-11/h3-8,13H,2,10H2,1H3,(H,17,18)(H,19,20). The predicted octanol–water partition coefficient (Wildman–Crippen LogP) is 1.80. The van der Waals surface area contributed by atoms with E-state index in [2.05, 4.69) is 5.32 Å². The Bertz CT molecular complexity index is 541. The third-order valence-corrected chi connectivity index (χ3v) is 2.83. The normalized spacial score (nSPS) is 11.8. The van der Waals surface area contributed by atoms with E-state index in [4.69, 9.17) is 10.4 Å². The van der Waals surface area contributed by atoms with Crippen LogP contribution in [0.25, 0.3) is 6.08 Å². The molecule has 104 valence electrons. The molecular weight excluding hydrogens is 256 g/mol. The van der Waals surface area contributed by atoms with E-state index in [1.165, 1.54) is 6.08 Å². The van der Waals surface area contributed by atoms with E-state index in [0.29, 0.717) is 12.0 Å². The molecular formula is C15H16N2O3. The summed E-state index contributed by atoms with van der Waals surface area (Å²) >= 11 is 0. The Balaban J connectivity index is 2.51. The summed E-state index contributed by atoms with van der Waals surface area (Å²) in [6.07, 6.45) is 3.42. The third kappa shape index (κ3) is 4.94. The summed E-state index contributed by atoms with van der Waals surface area (Å²) in [7, 11) is 0. The van der Waals surface area contributed by atoms with Gasteiger partial charge in [-0.05, 0) is 30.2 Å². The maximum Gasteiger partial charge on any atom is 0.308 e. The van der Waals surface area contributed by atoms with Crippen molar-refractivity contribution in [2.75, 3.05) is 6.54 Å². The van der Waals surface area contributed by atoms with E-state index in [0.717, 1.165) is 5.56 Å². The number of carboxylic acids is 1. The molecule has 0 saturated heterocycles. The van der Waals surface area contributed by atoms with Gasteiger partial charge in [0.25, 0.3) is 0 Å². The molecule has 0 aromatic heterocycles. The van der Waals surface area contributed by atoms with Gasteiger partial charge in [-0.15, -0.1) is 0 Å². The number of rotatable bonds is 6. The van der Waals surface area contributed by atoms with Crippen molar-refractivity contribution >= 4 is 18.0 Å². The first-order valence-corrected chi connectivity index (χ1v) is 6.25. The highest BCUT2D eigenvalue weighted by Gasteiger charge is 2.14. The zero-order valence-corrected chi connectivity index (χ0v) is 11.2. The number of nitrogens with one attached hydrogen (secondary N) is 1. The fourth-order valence-electron chi connectivity index (χ4n) is 1.53. The number of amides is 1. The molecule has 1 aromatic rings. The summed E-state index contributed by atoms with van der Waals surface area (Å²) in [6.45, 7) is 1.87. The summed E-state index contributed by atoms with van der Waals surface area (Å²) in [6, 6.07) is 8.79. The van der Waals surface area contributed by atoms with Gasteiger partial charge in [-0.25, -0.2) is 0 Å². The number of aliphatic carboxylic acids is 1. The van der Waals surface area contributed by atoms with Crippen molar-refractivity contribution in [2.45, 2.75) is 13.3 Å². The third-order valence-electron chi connectivity index (χ3n) is 2.83. The lowest BCUT2D eigenvalue weighted by Crippen LogP contribution is -2.31. The Morgan fingerprint density at radius 2 is 2.05 bits per heavy atom. The van der Waals surface area contributed by atoms with Crippen molar-refractivity contribution in [2.24, 2.45) is 5.92 Å². The number of nitriles is 1. The average Bonchev–Trinajstić information content (AvgIpc) is 2.46. The highest BCUT2D eigenvalue weighted by Crippen LogP contribution is 2.05. The van der Waals surface area contributed by atoms with Crippen LogP contribution in [0, 0.1) is 17.2 Å². The van der Waals surface area contributed by atoms with Crippen molar-refractivity contribution in [3.8, 4) is 6.07 Å². The lowest BCUT2D eigenvalue weighted by Gasteiger charge is -2.09. The molecule has 0 aliphatic rings. The molecule has 1 rings (SSSR count). The van der Waals surface area contributed by atoms with Gasteiger partial charge in [0.05, 0.1) is 17.6 Å². The van der Waals surface area contributed by atoms with Gasteiger partial charge in [0.15, 0.2) is 0 Å². The predicted molar refractivity (Wildman–Crippen MR) is 74.6 cm³/mol. The number of hydrogen-bond donors (Lipinski definition) is 2. The van der Waals surface area contributed by atoms with Gasteiger partial charge in [-0.1, -0.05) is 19.1 Å². The number of nitrogens with zero attached hydrogens (tertiary/aromatic N) is 1. The molecule has 20 heavy (non-hydrogen) atoms. The molecule has 5 heteroatoms. The minimum absolute atomic E-state index is 0.113. The molecule has 1 amide bonds. The highest BCUT2D eigenvalue weighted by molar-refractivity contribution is 5.91. The van der Waals surface area contributed by atoms with E-state index < -0.39 is 11.9 Å². The molecule has 0 spiro atoms. The second kappa shape index (κ2) is 7.74. The van der Waals surface area contributed by atoms with Crippen LogP contribution in [0.3, 0.4) is 0 Å². The molecule has 0 bridgehead atoms. The van der Waals surface area contributed by atoms with E-state index in [1.54, 1.807) is 37.3 Å². The van der Waals surface area contributed by atoms with Gasteiger partial charge in [-0.2, -0.15) is 5.26 Å². The van der Waals surface area contributed by atoms with Crippen molar-refractivity contribution in [1.29, 1.82) is 5.26 Å². The molecule has 0 saturated carbocycles. The molecule has 0 aliphatic heterocycles. The lowest BCUT2D eigenvalue weighted by molar-refractivity contribution is -0.141. The van der Waals surface area contributed by atoms with Crippen LogP contribution >= 0.6 is 0 Å². The Hall–Kier alpha value is -2.61. The van der Waals surface area contributed by atoms with Crippen LogP contribution in [0.2, 0.25) is 0 Å². The van der Waals surface area contributed by atoms with Crippen LogP contribution in [0.5, 0.6) is 0 Å². The van der Waals surface area contributed by atoms with Crippen LogP contribution in [0.15, 0.2) is 30.3 Å². The van der Waals surface area contributed by atoms with Crippen LogP contribution in [0.1, 0.15) is 24.5 Å². The smallest absolute Gasteiger partial charge is 0.308 e. The highest BCUT2D eigenvalue weighted by atomic mass is 16.4. The van der Waals surface area contributed by atoms with Gasteiger partial charge in [-0.3, -0.25) is 9.59 Å². The summed E-state index contributed by atoms with van der Waals surface area (Å²) in [5.74, 6) is -1.82. The maximum atomic E-state index is 11.5. The van der Waals surface area contributed by atoms with Gasteiger partial charge >= 0.3 is 5.97 Å². The molecule has 0 aliphatic carbocycles. The quantitative estimate of drug-likeness (QED) is 0.772. The molecule has 0 heterocycles. The first-order chi connectivity index (χ1) is 9.56. The van der Waals surface area contributed by atoms with Crippen LogP contribution < -0.4 is 5.32 Å². The van der Waals surface area contributed by atoms with E-state index in [9.17, 15) is 9.59 Å². The fourth-order valence-corrected chi connectivity index (χ4v) is 1.53. The van der Waals surface area contributed by atoms with Crippen molar-refractivity contribution in [3.05, 3.63) is 41.5 Å². The van der Waals surface area contributed by atoms with Gasteiger partial charge < -0.3 is 10.4 Å². The molecule has 2 N–H and O–H groups in total. The average molecular weight is 272 g/mol. The molecule has 1 atom stereocenters. The Morgan fingerprint density at radius 1 is 1.40 bits per heavy atom. The Kier molecular flexibility index (Phi) is 5.98. The summed E-state index contributed by atoms with van der Waals surface area (Å²) in [4.78, 5) is 22.3. The van der Waals surface area contributed by atoms with Gasteiger partial charge in [0.2, 0.25) is 5.91 Å². The van der Waals surface area contributed by atoms with E-state index in [-0.39, 0.29) is 12.5 Å². The number of carboxylic acid groups (broad SMARTS) is 1. The number of carbonyl (C=O) groups is 2. The zero-order valence-electron chi connectivity index (χ0n) is 11.2. The van der Waals surface area contributed by atoms with Crippen LogP contribution in [-0.2, 0) is 9.59 Å². The Labute approximate surface area is 117 Å².